The molecule has 0 fully saturated rings. The van der Waals surface area contributed by atoms with Gasteiger partial charge in [-0.3, -0.25) is 4.79 Å². The fraction of sp³-hybridized carbons (Fsp3) is 0.158. The molecule has 134 valence electrons. The van der Waals surface area contributed by atoms with Crippen molar-refractivity contribution >= 4 is 39.1 Å². The van der Waals surface area contributed by atoms with Gasteiger partial charge in [-0.1, -0.05) is 39.7 Å². The molecule has 0 bridgehead atoms. The summed E-state index contributed by atoms with van der Waals surface area (Å²) in [6.45, 7) is 0. The number of oxazole rings is 1. The van der Waals surface area contributed by atoms with Crippen LogP contribution in [0.3, 0.4) is 0 Å². The van der Waals surface area contributed by atoms with E-state index in [-0.39, 0.29) is 12.3 Å². The van der Waals surface area contributed by atoms with E-state index >= 15 is 0 Å². The Kier molecular flexibility index (Phi) is 5.96. The quantitative estimate of drug-likeness (QED) is 0.568. The van der Waals surface area contributed by atoms with Crippen LogP contribution in [0.1, 0.15) is 12.3 Å². The standard InChI is InChI=1S/C19H16BrClN2O3/c1-25-16-6-5-14(10-15(16)21)23-18(24)7-8-19-22-11-17(26-19)12-3-2-4-13(20)9-12/h2-6,9-11H,7-8H2,1H3,(H,23,24). The molecule has 0 atom stereocenters. The lowest BCUT2D eigenvalue weighted by Gasteiger charge is -2.07. The number of amides is 1. The first-order valence-corrected chi connectivity index (χ1v) is 9.06. The van der Waals surface area contributed by atoms with Crippen LogP contribution in [0.5, 0.6) is 5.75 Å². The van der Waals surface area contributed by atoms with Gasteiger partial charge in [0.1, 0.15) is 5.75 Å². The normalized spacial score (nSPS) is 10.6. The van der Waals surface area contributed by atoms with Crippen molar-refractivity contribution in [3.63, 3.8) is 0 Å². The van der Waals surface area contributed by atoms with Gasteiger partial charge in [0.25, 0.3) is 0 Å². The summed E-state index contributed by atoms with van der Waals surface area (Å²) in [4.78, 5) is 16.4. The largest absolute Gasteiger partial charge is 0.495 e. The smallest absolute Gasteiger partial charge is 0.224 e. The zero-order chi connectivity index (χ0) is 18.5. The predicted molar refractivity (Wildman–Crippen MR) is 105 cm³/mol. The van der Waals surface area contributed by atoms with Crippen LogP contribution in [-0.4, -0.2) is 18.0 Å². The number of hydrogen-bond acceptors (Lipinski definition) is 4. The molecule has 0 saturated carbocycles. The third-order valence-corrected chi connectivity index (χ3v) is 4.45. The van der Waals surface area contributed by atoms with Crippen LogP contribution in [0.15, 0.2) is 57.6 Å². The minimum atomic E-state index is -0.145. The lowest BCUT2D eigenvalue weighted by molar-refractivity contribution is -0.116. The zero-order valence-corrected chi connectivity index (χ0v) is 16.3. The highest BCUT2D eigenvalue weighted by atomic mass is 79.9. The molecule has 0 radical (unpaired) electrons. The number of ether oxygens (including phenoxy) is 1. The molecule has 1 N–H and O–H groups in total. The van der Waals surface area contributed by atoms with Crippen molar-refractivity contribution in [1.82, 2.24) is 4.98 Å². The summed E-state index contributed by atoms with van der Waals surface area (Å²) in [5, 5.41) is 3.24. The average Bonchev–Trinajstić information content (AvgIpc) is 3.09. The van der Waals surface area contributed by atoms with Gasteiger partial charge >= 0.3 is 0 Å². The van der Waals surface area contributed by atoms with E-state index in [1.165, 1.54) is 7.11 Å². The number of methoxy groups -OCH3 is 1. The van der Waals surface area contributed by atoms with Crippen molar-refractivity contribution in [3.8, 4) is 17.1 Å². The van der Waals surface area contributed by atoms with E-state index in [1.54, 1.807) is 24.4 Å². The van der Waals surface area contributed by atoms with Crippen molar-refractivity contribution in [2.24, 2.45) is 0 Å². The molecular weight excluding hydrogens is 420 g/mol. The van der Waals surface area contributed by atoms with E-state index in [2.05, 4.69) is 26.2 Å². The summed E-state index contributed by atoms with van der Waals surface area (Å²) in [6, 6.07) is 12.8. The molecule has 1 amide bonds. The number of carbonyl (C=O) groups is 1. The van der Waals surface area contributed by atoms with Gasteiger partial charge in [-0.2, -0.15) is 0 Å². The predicted octanol–water partition coefficient (Wildman–Crippen LogP) is 5.34. The van der Waals surface area contributed by atoms with Crippen LogP contribution in [0.25, 0.3) is 11.3 Å². The number of aromatic nitrogens is 1. The van der Waals surface area contributed by atoms with Gasteiger partial charge in [0.2, 0.25) is 5.91 Å². The maximum atomic E-state index is 12.1. The van der Waals surface area contributed by atoms with Crippen LogP contribution in [0, 0.1) is 0 Å². The Morgan fingerprint density at radius 3 is 2.88 bits per heavy atom. The minimum absolute atomic E-state index is 0.145. The molecule has 1 aromatic heterocycles. The van der Waals surface area contributed by atoms with E-state index in [9.17, 15) is 4.79 Å². The number of aryl methyl sites for hydroxylation is 1. The monoisotopic (exact) mass is 434 g/mol. The molecule has 0 aliphatic carbocycles. The Morgan fingerprint density at radius 2 is 2.15 bits per heavy atom. The van der Waals surface area contributed by atoms with Crippen molar-refractivity contribution in [1.29, 1.82) is 0 Å². The molecule has 1 heterocycles. The van der Waals surface area contributed by atoms with E-state index in [0.29, 0.717) is 34.5 Å². The van der Waals surface area contributed by atoms with Gasteiger partial charge in [-0.25, -0.2) is 4.98 Å². The Labute approximate surface area is 164 Å². The molecule has 0 spiro atoms. The van der Waals surface area contributed by atoms with Crippen LogP contribution in [0.4, 0.5) is 5.69 Å². The second-order valence-corrected chi connectivity index (χ2v) is 6.85. The Morgan fingerprint density at radius 1 is 1.31 bits per heavy atom. The summed E-state index contributed by atoms with van der Waals surface area (Å²) >= 11 is 9.48. The highest BCUT2D eigenvalue weighted by Gasteiger charge is 2.10. The third-order valence-electron chi connectivity index (χ3n) is 3.66. The summed E-state index contributed by atoms with van der Waals surface area (Å²) in [7, 11) is 1.54. The summed E-state index contributed by atoms with van der Waals surface area (Å²) < 4.78 is 11.8. The molecule has 5 nitrogen and oxygen atoms in total. The Balaban J connectivity index is 1.57. The third kappa shape index (κ3) is 4.65. The molecule has 7 heteroatoms. The van der Waals surface area contributed by atoms with Gasteiger partial charge in [0.05, 0.1) is 18.3 Å². The molecular formula is C19H16BrClN2O3. The topological polar surface area (TPSA) is 64.4 Å². The maximum Gasteiger partial charge on any atom is 0.224 e. The molecule has 0 saturated heterocycles. The van der Waals surface area contributed by atoms with Gasteiger partial charge in [-0.05, 0) is 30.3 Å². The second kappa shape index (κ2) is 8.38. The highest BCUT2D eigenvalue weighted by Crippen LogP contribution is 2.27. The highest BCUT2D eigenvalue weighted by molar-refractivity contribution is 9.10. The van der Waals surface area contributed by atoms with Gasteiger partial charge in [-0.15, -0.1) is 0 Å². The molecule has 0 unspecified atom stereocenters. The first kappa shape index (κ1) is 18.5. The lowest BCUT2D eigenvalue weighted by Crippen LogP contribution is -2.12. The van der Waals surface area contributed by atoms with Crippen LogP contribution in [0.2, 0.25) is 5.02 Å². The Hall–Kier alpha value is -2.31. The molecule has 3 rings (SSSR count). The van der Waals surface area contributed by atoms with Crippen molar-refractivity contribution in [2.75, 3.05) is 12.4 Å². The molecule has 0 aliphatic rings. The summed E-state index contributed by atoms with van der Waals surface area (Å²) in [5.41, 5.74) is 1.54. The fourth-order valence-corrected chi connectivity index (χ4v) is 3.05. The second-order valence-electron chi connectivity index (χ2n) is 5.53. The first-order valence-electron chi connectivity index (χ1n) is 7.89. The summed E-state index contributed by atoms with van der Waals surface area (Å²) in [5.74, 6) is 1.60. The molecule has 26 heavy (non-hydrogen) atoms. The first-order chi connectivity index (χ1) is 12.5. The van der Waals surface area contributed by atoms with Crippen molar-refractivity contribution in [3.05, 3.63) is 64.0 Å². The number of nitrogens with zero attached hydrogens (tertiary/aromatic N) is 1. The number of halogens is 2. The van der Waals surface area contributed by atoms with E-state index < -0.39 is 0 Å². The number of rotatable bonds is 6. The van der Waals surface area contributed by atoms with Crippen LogP contribution >= 0.6 is 27.5 Å². The van der Waals surface area contributed by atoms with E-state index in [0.717, 1.165) is 10.0 Å². The number of nitrogens with one attached hydrogen (secondary N) is 1. The fourth-order valence-electron chi connectivity index (χ4n) is 2.39. The maximum absolute atomic E-state index is 12.1. The summed E-state index contributed by atoms with van der Waals surface area (Å²) in [6.07, 6.45) is 2.32. The van der Waals surface area contributed by atoms with Gasteiger partial charge in [0.15, 0.2) is 11.7 Å². The SMILES string of the molecule is COc1ccc(NC(=O)CCc2ncc(-c3cccc(Br)c3)o2)cc1Cl. The number of anilines is 1. The van der Waals surface area contributed by atoms with E-state index in [4.69, 9.17) is 20.8 Å². The molecule has 0 aliphatic heterocycles. The number of hydrogen-bond donors (Lipinski definition) is 1. The molecule has 3 aromatic rings. The lowest BCUT2D eigenvalue weighted by atomic mass is 10.2. The minimum Gasteiger partial charge on any atom is -0.495 e. The van der Waals surface area contributed by atoms with Crippen LogP contribution in [-0.2, 0) is 11.2 Å². The molecule has 2 aromatic carbocycles. The van der Waals surface area contributed by atoms with Crippen molar-refractivity contribution in [2.45, 2.75) is 12.8 Å². The van der Waals surface area contributed by atoms with Gasteiger partial charge < -0.3 is 14.5 Å². The van der Waals surface area contributed by atoms with E-state index in [1.807, 2.05) is 24.3 Å². The van der Waals surface area contributed by atoms with Gasteiger partial charge in [0, 0.05) is 28.6 Å². The van der Waals surface area contributed by atoms with Crippen molar-refractivity contribution < 1.29 is 13.9 Å². The number of benzene rings is 2. The Bertz CT molecular complexity index is 927. The van der Waals surface area contributed by atoms with Crippen LogP contribution < -0.4 is 10.1 Å². The number of carbonyl (C=O) groups excluding carboxylic acids is 1. The zero-order valence-electron chi connectivity index (χ0n) is 14.0. The average molecular weight is 436 g/mol.